The van der Waals surface area contributed by atoms with Crippen LogP contribution in [0, 0.1) is 0 Å². The second-order valence-corrected chi connectivity index (χ2v) is 5.56. The molecule has 0 aromatic heterocycles. The molecule has 3 aromatic carbocycles. The van der Waals surface area contributed by atoms with Crippen LogP contribution in [0.5, 0.6) is 0 Å². The SMILES string of the molecule is COC(=O)C(N)Cc1ccc(-c2cccc3ccccc23)cc1. The monoisotopic (exact) mass is 305 g/mol. The number of methoxy groups -OCH3 is 1. The van der Waals surface area contributed by atoms with Gasteiger partial charge in [-0.1, -0.05) is 66.7 Å². The van der Waals surface area contributed by atoms with E-state index < -0.39 is 6.04 Å². The summed E-state index contributed by atoms with van der Waals surface area (Å²) < 4.78 is 4.66. The lowest BCUT2D eigenvalue weighted by atomic mass is 9.96. The summed E-state index contributed by atoms with van der Waals surface area (Å²) in [5.41, 5.74) is 9.18. The standard InChI is InChI=1S/C20H19NO2/c1-23-20(22)19(21)13-14-9-11-16(12-10-14)18-8-4-6-15-5-2-3-7-17(15)18/h2-12,19H,13,21H2,1H3. The highest BCUT2D eigenvalue weighted by atomic mass is 16.5. The number of carbonyl (C=O) groups excluding carboxylic acids is 1. The summed E-state index contributed by atoms with van der Waals surface area (Å²) in [6, 6.07) is 22.2. The van der Waals surface area contributed by atoms with Crippen LogP contribution in [0.25, 0.3) is 21.9 Å². The molecule has 1 atom stereocenters. The maximum Gasteiger partial charge on any atom is 0.322 e. The molecule has 0 spiro atoms. The Bertz CT molecular complexity index is 819. The van der Waals surface area contributed by atoms with E-state index in [4.69, 9.17) is 5.73 Å². The number of hydrogen-bond donors (Lipinski definition) is 1. The molecule has 0 bridgehead atoms. The van der Waals surface area contributed by atoms with Gasteiger partial charge in [0.05, 0.1) is 7.11 Å². The van der Waals surface area contributed by atoms with Gasteiger partial charge in [-0.05, 0) is 33.9 Å². The lowest BCUT2D eigenvalue weighted by molar-refractivity contribution is -0.142. The van der Waals surface area contributed by atoms with Crippen molar-refractivity contribution in [1.82, 2.24) is 0 Å². The molecule has 23 heavy (non-hydrogen) atoms. The normalized spacial score (nSPS) is 12.1. The molecule has 0 saturated carbocycles. The minimum absolute atomic E-state index is 0.386. The van der Waals surface area contributed by atoms with Crippen LogP contribution < -0.4 is 5.73 Å². The molecular formula is C20H19NO2. The van der Waals surface area contributed by atoms with Crippen LogP contribution in [0.2, 0.25) is 0 Å². The molecule has 3 aromatic rings. The number of esters is 1. The number of carbonyl (C=O) groups is 1. The Kier molecular flexibility index (Phi) is 4.40. The number of nitrogens with two attached hydrogens (primary N) is 1. The second kappa shape index (κ2) is 6.63. The zero-order valence-electron chi connectivity index (χ0n) is 13.0. The molecule has 3 nitrogen and oxygen atoms in total. The summed E-state index contributed by atoms with van der Waals surface area (Å²) in [4.78, 5) is 11.4. The van der Waals surface area contributed by atoms with E-state index >= 15 is 0 Å². The summed E-state index contributed by atoms with van der Waals surface area (Å²) >= 11 is 0. The number of hydrogen-bond acceptors (Lipinski definition) is 3. The Balaban J connectivity index is 1.88. The van der Waals surface area contributed by atoms with Crippen LogP contribution >= 0.6 is 0 Å². The van der Waals surface area contributed by atoms with Crippen LogP contribution in [0.4, 0.5) is 0 Å². The number of rotatable bonds is 4. The fraction of sp³-hybridized carbons (Fsp3) is 0.150. The van der Waals surface area contributed by atoms with E-state index in [0.29, 0.717) is 6.42 Å². The van der Waals surface area contributed by atoms with E-state index in [0.717, 1.165) is 11.1 Å². The maximum absolute atomic E-state index is 11.4. The fourth-order valence-corrected chi connectivity index (χ4v) is 2.79. The van der Waals surface area contributed by atoms with E-state index in [1.165, 1.54) is 23.4 Å². The highest BCUT2D eigenvalue weighted by molar-refractivity contribution is 5.96. The van der Waals surface area contributed by atoms with Crippen LogP contribution in [-0.4, -0.2) is 19.1 Å². The molecular weight excluding hydrogens is 286 g/mol. The Morgan fingerprint density at radius 2 is 1.70 bits per heavy atom. The van der Waals surface area contributed by atoms with E-state index in [-0.39, 0.29) is 5.97 Å². The van der Waals surface area contributed by atoms with Crippen LogP contribution in [0.15, 0.2) is 66.7 Å². The lowest BCUT2D eigenvalue weighted by Crippen LogP contribution is -2.33. The van der Waals surface area contributed by atoms with E-state index in [1.54, 1.807) is 0 Å². The Hall–Kier alpha value is -2.65. The number of fused-ring (bicyclic) bond motifs is 1. The highest BCUT2D eigenvalue weighted by Gasteiger charge is 2.14. The first-order valence-corrected chi connectivity index (χ1v) is 7.59. The van der Waals surface area contributed by atoms with Crippen molar-refractivity contribution in [2.45, 2.75) is 12.5 Å². The van der Waals surface area contributed by atoms with Crippen molar-refractivity contribution in [2.24, 2.45) is 5.73 Å². The summed E-state index contributed by atoms with van der Waals surface area (Å²) in [6.45, 7) is 0. The summed E-state index contributed by atoms with van der Waals surface area (Å²) in [7, 11) is 1.35. The van der Waals surface area contributed by atoms with Gasteiger partial charge in [-0.15, -0.1) is 0 Å². The van der Waals surface area contributed by atoms with Gasteiger partial charge in [-0.2, -0.15) is 0 Å². The first-order chi connectivity index (χ1) is 11.2. The van der Waals surface area contributed by atoms with Gasteiger partial charge >= 0.3 is 5.97 Å². The van der Waals surface area contributed by atoms with Crippen LogP contribution in [0.1, 0.15) is 5.56 Å². The van der Waals surface area contributed by atoms with Crippen molar-refractivity contribution in [3.05, 3.63) is 72.3 Å². The largest absolute Gasteiger partial charge is 0.468 e. The second-order valence-electron chi connectivity index (χ2n) is 5.56. The van der Waals surface area contributed by atoms with Crippen LogP contribution in [-0.2, 0) is 16.0 Å². The third kappa shape index (κ3) is 3.25. The zero-order valence-corrected chi connectivity index (χ0v) is 13.0. The first kappa shape index (κ1) is 15.3. The van der Waals surface area contributed by atoms with Gasteiger partial charge in [0, 0.05) is 0 Å². The summed E-state index contributed by atoms with van der Waals surface area (Å²) in [5.74, 6) is -0.386. The zero-order chi connectivity index (χ0) is 16.2. The van der Waals surface area contributed by atoms with Gasteiger partial charge in [0.25, 0.3) is 0 Å². The third-order valence-corrected chi connectivity index (χ3v) is 4.01. The molecule has 0 heterocycles. The van der Waals surface area contributed by atoms with Gasteiger partial charge in [0.1, 0.15) is 6.04 Å². The van der Waals surface area contributed by atoms with Gasteiger partial charge in [0.2, 0.25) is 0 Å². The topological polar surface area (TPSA) is 52.3 Å². The van der Waals surface area contributed by atoms with Gasteiger partial charge in [-0.25, -0.2) is 0 Å². The van der Waals surface area contributed by atoms with E-state index in [1.807, 2.05) is 18.2 Å². The summed E-state index contributed by atoms with van der Waals surface area (Å²) in [6.07, 6.45) is 0.475. The molecule has 1 unspecified atom stereocenters. The van der Waals surface area contributed by atoms with Gasteiger partial charge < -0.3 is 10.5 Å². The molecule has 0 saturated heterocycles. The minimum atomic E-state index is -0.622. The first-order valence-electron chi connectivity index (χ1n) is 7.59. The van der Waals surface area contributed by atoms with E-state index in [2.05, 4.69) is 53.3 Å². The molecule has 0 fully saturated rings. The van der Waals surface area contributed by atoms with Crippen LogP contribution in [0.3, 0.4) is 0 Å². The molecule has 0 aliphatic carbocycles. The van der Waals surface area contributed by atoms with Crippen molar-refractivity contribution in [2.75, 3.05) is 7.11 Å². The van der Waals surface area contributed by atoms with Crippen molar-refractivity contribution in [1.29, 1.82) is 0 Å². The molecule has 2 N–H and O–H groups in total. The van der Waals surface area contributed by atoms with E-state index in [9.17, 15) is 4.79 Å². The van der Waals surface area contributed by atoms with Crippen molar-refractivity contribution >= 4 is 16.7 Å². The molecule has 0 radical (unpaired) electrons. The van der Waals surface area contributed by atoms with Gasteiger partial charge in [0.15, 0.2) is 0 Å². The highest BCUT2D eigenvalue weighted by Crippen LogP contribution is 2.28. The van der Waals surface area contributed by atoms with Crippen molar-refractivity contribution in [3.8, 4) is 11.1 Å². The van der Waals surface area contributed by atoms with Crippen molar-refractivity contribution < 1.29 is 9.53 Å². The predicted octanol–water partition coefficient (Wildman–Crippen LogP) is 3.55. The Labute approximate surface area is 135 Å². The Morgan fingerprint density at radius 3 is 2.43 bits per heavy atom. The Morgan fingerprint density at radius 1 is 1.00 bits per heavy atom. The third-order valence-electron chi connectivity index (χ3n) is 4.01. The molecule has 3 rings (SSSR count). The number of benzene rings is 3. The van der Waals surface area contributed by atoms with Gasteiger partial charge in [-0.3, -0.25) is 4.79 Å². The molecule has 0 aliphatic rings. The molecule has 116 valence electrons. The average Bonchev–Trinajstić information content (AvgIpc) is 2.61. The smallest absolute Gasteiger partial charge is 0.322 e. The lowest BCUT2D eigenvalue weighted by Gasteiger charge is -2.11. The fourth-order valence-electron chi connectivity index (χ4n) is 2.79. The molecule has 0 amide bonds. The quantitative estimate of drug-likeness (QED) is 0.750. The molecule has 0 aliphatic heterocycles. The molecule has 3 heteroatoms. The summed E-state index contributed by atoms with van der Waals surface area (Å²) in [5, 5.41) is 2.45. The maximum atomic E-state index is 11.4. The number of ether oxygens (including phenoxy) is 1. The van der Waals surface area contributed by atoms with Crippen molar-refractivity contribution in [3.63, 3.8) is 0 Å². The minimum Gasteiger partial charge on any atom is -0.468 e. The predicted molar refractivity (Wildman–Crippen MR) is 93.1 cm³/mol. The average molecular weight is 305 g/mol.